The van der Waals surface area contributed by atoms with Crippen molar-refractivity contribution in [2.45, 2.75) is 64.4 Å². The summed E-state index contributed by atoms with van der Waals surface area (Å²) >= 11 is 0. The molecule has 1 fully saturated rings. The molecule has 22 heavy (non-hydrogen) atoms. The van der Waals surface area contributed by atoms with Crippen LogP contribution < -0.4 is 0 Å². The summed E-state index contributed by atoms with van der Waals surface area (Å²) in [6.45, 7) is 13.2. The van der Waals surface area contributed by atoms with Gasteiger partial charge in [-0.25, -0.2) is 0 Å². The molecule has 0 bridgehead atoms. The summed E-state index contributed by atoms with van der Waals surface area (Å²) in [5, 5.41) is 11.4. The highest BCUT2D eigenvalue weighted by atomic mass is 16.6. The quantitative estimate of drug-likeness (QED) is 0.790. The smallest absolute Gasteiger partial charge is 0.240 e. The largest absolute Gasteiger partial charge is 0.488 e. The summed E-state index contributed by atoms with van der Waals surface area (Å²) < 4.78 is 17.0. The van der Waals surface area contributed by atoms with Gasteiger partial charge in [0.2, 0.25) is 11.5 Å². The van der Waals surface area contributed by atoms with Crippen LogP contribution in [0.5, 0.6) is 0 Å². The van der Waals surface area contributed by atoms with Crippen molar-refractivity contribution >= 4 is 5.78 Å². The molecule has 0 spiro atoms. The first-order valence-corrected chi connectivity index (χ1v) is 7.71. The Morgan fingerprint density at radius 3 is 2.23 bits per heavy atom. The molecule has 5 heteroatoms. The van der Waals surface area contributed by atoms with E-state index in [0.29, 0.717) is 12.0 Å². The van der Waals surface area contributed by atoms with Crippen molar-refractivity contribution in [1.29, 1.82) is 0 Å². The predicted octanol–water partition coefficient (Wildman–Crippen LogP) is 2.34. The summed E-state index contributed by atoms with van der Waals surface area (Å²) in [5.41, 5.74) is -2.53. The minimum atomic E-state index is -1.58. The lowest BCUT2D eigenvalue weighted by molar-refractivity contribution is -0.161. The monoisotopic (exact) mass is 310 g/mol. The Morgan fingerprint density at radius 1 is 1.23 bits per heavy atom. The van der Waals surface area contributed by atoms with Crippen molar-refractivity contribution in [2.75, 3.05) is 7.11 Å². The van der Waals surface area contributed by atoms with Gasteiger partial charge in [-0.05, 0) is 45.6 Å². The van der Waals surface area contributed by atoms with Crippen LogP contribution in [0.1, 0.15) is 41.0 Å². The van der Waals surface area contributed by atoms with Crippen molar-refractivity contribution < 1.29 is 24.1 Å². The summed E-state index contributed by atoms with van der Waals surface area (Å²) in [7, 11) is 1.41. The normalized spacial score (nSPS) is 34.9. The second-order valence-corrected chi connectivity index (χ2v) is 6.68. The zero-order chi connectivity index (χ0) is 16.9. The highest BCUT2D eigenvalue weighted by Crippen LogP contribution is 2.58. The molecule has 1 saturated carbocycles. The van der Waals surface area contributed by atoms with Crippen LogP contribution in [0.4, 0.5) is 0 Å². The van der Waals surface area contributed by atoms with Gasteiger partial charge in [-0.1, -0.05) is 13.5 Å². The molecule has 1 N–H and O–H groups in total. The number of hydrogen-bond donors (Lipinski definition) is 1. The molecule has 0 saturated heterocycles. The second kappa shape index (κ2) is 5.39. The molecule has 0 aromatic rings. The van der Waals surface area contributed by atoms with Gasteiger partial charge in [0.05, 0.1) is 12.2 Å². The number of fused-ring (bicyclic) bond motifs is 1. The summed E-state index contributed by atoms with van der Waals surface area (Å²) in [4.78, 5) is 13.0. The number of rotatable bonds is 5. The number of carbonyl (C=O) groups excluding carboxylic acids is 1. The van der Waals surface area contributed by atoms with Crippen molar-refractivity contribution in [1.82, 2.24) is 0 Å². The maximum absolute atomic E-state index is 13.0. The van der Waals surface area contributed by atoms with Crippen molar-refractivity contribution in [3.8, 4) is 0 Å². The minimum Gasteiger partial charge on any atom is -0.488 e. The second-order valence-electron chi connectivity index (χ2n) is 6.68. The SMILES string of the molecule is C=C1CC(C)[C@@]2(O)C(OC(C)C)=C(OC(C)C)C(=O)[C@@]12OC. The molecule has 0 aromatic carbocycles. The number of ketones is 1. The number of ether oxygens (including phenoxy) is 3. The molecule has 1 unspecified atom stereocenters. The van der Waals surface area contributed by atoms with E-state index in [1.807, 2.05) is 34.6 Å². The molecular formula is C17H26O5. The molecule has 3 atom stereocenters. The van der Waals surface area contributed by atoms with Crippen molar-refractivity contribution in [2.24, 2.45) is 5.92 Å². The molecular weight excluding hydrogens is 284 g/mol. The zero-order valence-electron chi connectivity index (χ0n) is 14.2. The fourth-order valence-corrected chi connectivity index (χ4v) is 3.55. The number of methoxy groups -OCH3 is 1. The van der Waals surface area contributed by atoms with Crippen LogP contribution in [0.25, 0.3) is 0 Å². The number of hydrogen-bond acceptors (Lipinski definition) is 5. The molecule has 2 aliphatic carbocycles. The third kappa shape index (κ3) is 1.95. The molecule has 2 aliphatic rings. The van der Waals surface area contributed by atoms with Gasteiger partial charge in [-0.3, -0.25) is 4.79 Å². The standard InChI is InChI=1S/C17H26O5/c1-9(2)21-13-14(18)17(20-7)12(6)8-11(5)16(17,19)15(13)22-10(3)4/h9-11,19H,6,8H2,1-5,7H3/t11?,16-,17+/m1/s1. The summed E-state index contributed by atoms with van der Waals surface area (Å²) in [6, 6.07) is 0. The van der Waals surface area contributed by atoms with Gasteiger partial charge in [0.1, 0.15) is 0 Å². The molecule has 5 nitrogen and oxygen atoms in total. The topological polar surface area (TPSA) is 65.0 Å². The summed E-state index contributed by atoms with van der Waals surface area (Å²) in [5.74, 6) is -0.433. The first-order valence-electron chi connectivity index (χ1n) is 7.71. The molecule has 0 heterocycles. The van der Waals surface area contributed by atoms with Crippen molar-refractivity contribution in [3.05, 3.63) is 23.7 Å². The van der Waals surface area contributed by atoms with Gasteiger partial charge < -0.3 is 19.3 Å². The lowest BCUT2D eigenvalue weighted by Crippen LogP contribution is -2.57. The van der Waals surface area contributed by atoms with E-state index in [1.54, 1.807) is 0 Å². The maximum Gasteiger partial charge on any atom is 0.240 e. The van der Waals surface area contributed by atoms with E-state index in [2.05, 4.69) is 6.58 Å². The highest BCUT2D eigenvalue weighted by Gasteiger charge is 2.74. The van der Waals surface area contributed by atoms with Gasteiger partial charge >= 0.3 is 0 Å². The van der Waals surface area contributed by atoms with E-state index in [1.165, 1.54) is 7.11 Å². The lowest BCUT2D eigenvalue weighted by atomic mass is 9.81. The molecule has 0 aliphatic heterocycles. The van der Waals surface area contributed by atoms with E-state index in [0.717, 1.165) is 0 Å². The van der Waals surface area contributed by atoms with Gasteiger partial charge in [-0.15, -0.1) is 0 Å². The molecule has 2 rings (SSSR count). The Balaban J connectivity index is 2.67. The van der Waals surface area contributed by atoms with Crippen molar-refractivity contribution in [3.63, 3.8) is 0 Å². The van der Waals surface area contributed by atoms with Crippen LogP contribution in [-0.4, -0.2) is 41.4 Å². The Morgan fingerprint density at radius 2 is 1.77 bits per heavy atom. The van der Waals surface area contributed by atoms with E-state index in [9.17, 15) is 9.90 Å². The Labute approximate surface area is 131 Å². The van der Waals surface area contributed by atoms with Crippen LogP contribution in [0, 0.1) is 5.92 Å². The average Bonchev–Trinajstić information content (AvgIpc) is 2.70. The Hall–Kier alpha value is -1.33. The van der Waals surface area contributed by atoms with Gasteiger partial charge in [0.25, 0.3) is 0 Å². The third-order valence-corrected chi connectivity index (χ3v) is 4.39. The van der Waals surface area contributed by atoms with E-state index >= 15 is 0 Å². The first kappa shape index (κ1) is 17.0. The van der Waals surface area contributed by atoms with E-state index < -0.39 is 17.0 Å². The van der Waals surface area contributed by atoms with E-state index in [4.69, 9.17) is 14.2 Å². The highest BCUT2D eigenvalue weighted by molar-refractivity contribution is 6.08. The molecule has 0 radical (unpaired) electrons. The van der Waals surface area contributed by atoms with Gasteiger partial charge in [-0.2, -0.15) is 0 Å². The molecule has 0 amide bonds. The fourth-order valence-electron chi connectivity index (χ4n) is 3.55. The Kier molecular flexibility index (Phi) is 4.17. The van der Waals surface area contributed by atoms with E-state index in [-0.39, 0.29) is 29.6 Å². The lowest BCUT2D eigenvalue weighted by Gasteiger charge is -2.37. The first-order chi connectivity index (χ1) is 10.1. The average molecular weight is 310 g/mol. The van der Waals surface area contributed by atoms with Crippen LogP contribution in [0.2, 0.25) is 0 Å². The third-order valence-electron chi connectivity index (χ3n) is 4.39. The predicted molar refractivity (Wildman–Crippen MR) is 82.1 cm³/mol. The van der Waals surface area contributed by atoms with Crippen LogP contribution in [-0.2, 0) is 19.0 Å². The van der Waals surface area contributed by atoms with Crippen LogP contribution >= 0.6 is 0 Å². The number of aliphatic hydroxyl groups is 1. The van der Waals surface area contributed by atoms with Crippen LogP contribution in [0.15, 0.2) is 23.7 Å². The Bertz CT molecular complexity index is 533. The van der Waals surface area contributed by atoms with Gasteiger partial charge in [0, 0.05) is 7.11 Å². The number of Topliss-reactive ketones (excluding diaryl/α,β-unsaturated/α-hetero) is 1. The fraction of sp³-hybridized carbons (Fsp3) is 0.706. The zero-order valence-corrected chi connectivity index (χ0v) is 14.2. The maximum atomic E-state index is 13.0. The van der Waals surface area contributed by atoms with Crippen LogP contribution in [0.3, 0.4) is 0 Å². The molecule has 124 valence electrons. The number of carbonyl (C=O) groups is 1. The molecule has 0 aromatic heterocycles. The minimum absolute atomic E-state index is 0.0563. The summed E-state index contributed by atoms with van der Waals surface area (Å²) in [6.07, 6.45) is 0.0756. The van der Waals surface area contributed by atoms with Gasteiger partial charge in [0.15, 0.2) is 17.0 Å².